The number of nitrogens with two attached hydrogens (primary N) is 1. The summed E-state index contributed by atoms with van der Waals surface area (Å²) in [5.41, 5.74) is 10.3. The maximum Gasteiger partial charge on any atom is 0.255 e. The standard InChI is InChI=1S/C21H21N5O7/c1-26(2)14-9-6-8-5-7-3-4-10(24-25-23)15(27)11(7)16(28)12(8)18(30)21(9,33)19(31)13(17(14)29)20(22)32/h3-4,8-9,14,27-28,31,33H,5-6H2,1-2H3,(H2,22,32)/t8-,9-,14-,21-/m0/s1. The summed E-state index contributed by atoms with van der Waals surface area (Å²) in [6, 6.07) is 1.77. The summed E-state index contributed by atoms with van der Waals surface area (Å²) in [7, 11) is 3.06. The van der Waals surface area contributed by atoms with Crippen molar-refractivity contribution < 1.29 is 34.8 Å². The van der Waals surface area contributed by atoms with E-state index in [1.54, 1.807) is 0 Å². The number of phenolic OH excluding ortho intramolecular Hbond substituents is 1. The molecule has 0 aromatic heterocycles. The second-order valence-electron chi connectivity index (χ2n) is 8.62. The lowest BCUT2D eigenvalue weighted by atomic mass is 9.57. The topological polar surface area (TPSA) is 210 Å². The zero-order valence-electron chi connectivity index (χ0n) is 17.7. The number of aliphatic hydroxyl groups is 3. The second-order valence-corrected chi connectivity index (χ2v) is 8.62. The number of azide groups is 1. The number of primary amides is 1. The van der Waals surface area contributed by atoms with Crippen molar-refractivity contribution in [2.45, 2.75) is 24.5 Å². The molecule has 4 atom stereocenters. The Kier molecular flexibility index (Phi) is 4.97. The zero-order valence-corrected chi connectivity index (χ0v) is 17.7. The van der Waals surface area contributed by atoms with Crippen LogP contribution in [0.3, 0.4) is 0 Å². The normalized spacial score (nSPS) is 28.8. The molecule has 1 fully saturated rings. The van der Waals surface area contributed by atoms with Crippen LogP contribution in [0.2, 0.25) is 0 Å². The van der Waals surface area contributed by atoms with Gasteiger partial charge in [0.15, 0.2) is 11.4 Å². The highest BCUT2D eigenvalue weighted by Gasteiger charge is 2.64. The molecule has 4 rings (SSSR count). The molecule has 172 valence electrons. The Bertz CT molecular complexity index is 1240. The molecule has 3 aliphatic carbocycles. The summed E-state index contributed by atoms with van der Waals surface area (Å²) in [4.78, 5) is 42.5. The van der Waals surface area contributed by atoms with Crippen LogP contribution in [-0.4, -0.2) is 68.5 Å². The number of carbonyl (C=O) groups is 3. The molecule has 3 aliphatic rings. The fourth-order valence-electron chi connectivity index (χ4n) is 5.34. The van der Waals surface area contributed by atoms with E-state index in [1.807, 2.05) is 0 Å². The minimum atomic E-state index is -2.69. The monoisotopic (exact) mass is 455 g/mol. The van der Waals surface area contributed by atoms with E-state index < -0.39 is 63.8 Å². The highest BCUT2D eigenvalue weighted by atomic mass is 16.3. The first-order chi connectivity index (χ1) is 15.5. The first kappa shape index (κ1) is 22.3. The van der Waals surface area contributed by atoms with Crippen LogP contribution in [0, 0.1) is 11.8 Å². The van der Waals surface area contributed by atoms with Gasteiger partial charge in [0.1, 0.15) is 22.8 Å². The summed E-state index contributed by atoms with van der Waals surface area (Å²) in [6.45, 7) is 0. The van der Waals surface area contributed by atoms with Crippen LogP contribution in [-0.2, 0) is 20.8 Å². The van der Waals surface area contributed by atoms with E-state index in [-0.39, 0.29) is 29.7 Å². The summed E-state index contributed by atoms with van der Waals surface area (Å²) in [5, 5.41) is 47.1. The van der Waals surface area contributed by atoms with Crippen LogP contribution in [0.4, 0.5) is 5.69 Å². The number of aliphatic hydroxyl groups excluding tert-OH is 2. The minimum Gasteiger partial charge on any atom is -0.508 e. The lowest BCUT2D eigenvalue weighted by molar-refractivity contribution is -0.153. The number of ketones is 2. The van der Waals surface area contributed by atoms with Crippen LogP contribution in [0.5, 0.6) is 5.75 Å². The fourth-order valence-corrected chi connectivity index (χ4v) is 5.34. The van der Waals surface area contributed by atoms with Gasteiger partial charge in [0, 0.05) is 16.4 Å². The molecular weight excluding hydrogens is 434 g/mol. The first-order valence-electron chi connectivity index (χ1n) is 10.0. The van der Waals surface area contributed by atoms with Gasteiger partial charge in [-0.25, -0.2) is 0 Å². The van der Waals surface area contributed by atoms with Crippen molar-refractivity contribution in [1.29, 1.82) is 0 Å². The molecule has 0 saturated heterocycles. The van der Waals surface area contributed by atoms with Gasteiger partial charge in [0.2, 0.25) is 5.78 Å². The van der Waals surface area contributed by atoms with Gasteiger partial charge in [0.25, 0.3) is 5.91 Å². The summed E-state index contributed by atoms with van der Waals surface area (Å²) < 4.78 is 0. The Hall–Kier alpha value is -3.86. The van der Waals surface area contributed by atoms with Gasteiger partial charge >= 0.3 is 0 Å². The van der Waals surface area contributed by atoms with Crippen molar-refractivity contribution >= 4 is 28.9 Å². The van der Waals surface area contributed by atoms with Crippen LogP contribution in [0.25, 0.3) is 16.2 Å². The number of carbonyl (C=O) groups excluding carboxylic acids is 3. The average molecular weight is 455 g/mol. The Morgan fingerprint density at radius 2 is 1.94 bits per heavy atom. The molecule has 1 amide bonds. The first-order valence-corrected chi connectivity index (χ1v) is 10.0. The molecule has 0 heterocycles. The number of hydrogen-bond acceptors (Lipinski definition) is 9. The quantitative estimate of drug-likeness (QED) is 0.191. The molecule has 1 aromatic carbocycles. The number of amides is 1. The summed E-state index contributed by atoms with van der Waals surface area (Å²) in [6.07, 6.45) is 0.170. The second kappa shape index (κ2) is 7.34. The van der Waals surface area contributed by atoms with Gasteiger partial charge in [-0.05, 0) is 50.0 Å². The average Bonchev–Trinajstić information content (AvgIpc) is 2.72. The minimum absolute atomic E-state index is 0.00459. The summed E-state index contributed by atoms with van der Waals surface area (Å²) >= 11 is 0. The van der Waals surface area contributed by atoms with E-state index in [0.717, 1.165) is 0 Å². The molecule has 6 N–H and O–H groups in total. The van der Waals surface area contributed by atoms with Crippen LogP contribution in [0.15, 0.2) is 34.2 Å². The van der Waals surface area contributed by atoms with Crippen molar-refractivity contribution in [1.82, 2.24) is 4.90 Å². The highest BCUT2D eigenvalue weighted by molar-refractivity contribution is 6.24. The van der Waals surface area contributed by atoms with E-state index >= 15 is 0 Å². The van der Waals surface area contributed by atoms with E-state index in [2.05, 4.69) is 10.0 Å². The number of likely N-dealkylation sites (N-methyl/N-ethyl adjacent to an activating group) is 1. The Labute approximate surface area is 186 Å². The van der Waals surface area contributed by atoms with Gasteiger partial charge in [-0.3, -0.25) is 19.3 Å². The van der Waals surface area contributed by atoms with Crippen molar-refractivity contribution in [3.63, 3.8) is 0 Å². The van der Waals surface area contributed by atoms with Gasteiger partial charge in [-0.2, -0.15) is 0 Å². The van der Waals surface area contributed by atoms with Crippen molar-refractivity contribution in [2.24, 2.45) is 22.7 Å². The molecule has 0 spiro atoms. The van der Waals surface area contributed by atoms with Gasteiger partial charge < -0.3 is 26.2 Å². The number of rotatable bonds is 3. The van der Waals surface area contributed by atoms with E-state index in [0.29, 0.717) is 5.56 Å². The van der Waals surface area contributed by atoms with Gasteiger partial charge in [0.05, 0.1) is 17.3 Å². The van der Waals surface area contributed by atoms with Crippen LogP contribution >= 0.6 is 0 Å². The Balaban J connectivity index is 1.98. The molecule has 12 heteroatoms. The molecule has 33 heavy (non-hydrogen) atoms. The molecule has 0 unspecified atom stereocenters. The maximum absolute atomic E-state index is 13.6. The highest BCUT2D eigenvalue weighted by Crippen LogP contribution is 2.53. The van der Waals surface area contributed by atoms with Crippen LogP contribution in [0.1, 0.15) is 17.5 Å². The third-order valence-corrected chi connectivity index (χ3v) is 6.72. The predicted molar refractivity (Wildman–Crippen MR) is 113 cm³/mol. The van der Waals surface area contributed by atoms with Crippen molar-refractivity contribution in [3.05, 3.63) is 50.6 Å². The zero-order chi connectivity index (χ0) is 24.4. The van der Waals surface area contributed by atoms with E-state index in [4.69, 9.17) is 11.3 Å². The third kappa shape index (κ3) is 2.85. The number of nitrogens with zero attached hydrogens (tertiary/aromatic N) is 4. The number of fused-ring (bicyclic) bond motifs is 3. The number of hydrogen-bond donors (Lipinski definition) is 5. The smallest absolute Gasteiger partial charge is 0.255 e. The molecule has 1 saturated carbocycles. The molecule has 1 aromatic rings. The van der Waals surface area contributed by atoms with Gasteiger partial charge in [-0.1, -0.05) is 11.2 Å². The van der Waals surface area contributed by atoms with E-state index in [9.17, 15) is 34.8 Å². The SMILES string of the molecule is CN(C)[C@@H]1C(=O)C(C(N)=O)=C(O)[C@@]2(O)C(=O)C3=C(O)c4c(ccc(N=[N+]=[N-])c4O)C[C@H]3C[C@@H]12. The molecule has 0 aliphatic heterocycles. The molecule has 0 radical (unpaired) electrons. The number of aromatic hydroxyl groups is 1. The van der Waals surface area contributed by atoms with Crippen molar-refractivity contribution in [2.75, 3.05) is 14.1 Å². The largest absolute Gasteiger partial charge is 0.508 e. The predicted octanol–water partition coefficient (Wildman–Crippen LogP) is 0.906. The lowest BCUT2D eigenvalue weighted by Gasteiger charge is -2.50. The molecular formula is C21H21N5O7. The molecule has 0 bridgehead atoms. The summed E-state index contributed by atoms with van der Waals surface area (Å²) in [5.74, 6) is -7.32. The van der Waals surface area contributed by atoms with Crippen LogP contribution < -0.4 is 5.73 Å². The number of Topliss-reactive ketones (excluding diaryl/α,β-unsaturated/α-hetero) is 2. The number of benzene rings is 1. The van der Waals surface area contributed by atoms with Crippen molar-refractivity contribution in [3.8, 4) is 5.75 Å². The third-order valence-electron chi connectivity index (χ3n) is 6.72. The lowest BCUT2D eigenvalue weighted by Crippen LogP contribution is -2.65. The molecule has 12 nitrogen and oxygen atoms in total. The van der Waals surface area contributed by atoms with E-state index in [1.165, 1.54) is 31.1 Å². The Morgan fingerprint density at radius 1 is 1.27 bits per heavy atom. The maximum atomic E-state index is 13.6. The fraction of sp³-hybridized carbons (Fsp3) is 0.381. The Morgan fingerprint density at radius 3 is 2.52 bits per heavy atom. The van der Waals surface area contributed by atoms with Gasteiger partial charge in [-0.15, -0.1) is 0 Å². The number of phenols is 1.